The lowest BCUT2D eigenvalue weighted by atomic mass is 10.1. The predicted octanol–water partition coefficient (Wildman–Crippen LogP) is 2.05. The van der Waals surface area contributed by atoms with Gasteiger partial charge in [-0.3, -0.25) is 19.8 Å². The average molecular weight is 293 g/mol. The summed E-state index contributed by atoms with van der Waals surface area (Å²) in [6.07, 6.45) is 1.01. The van der Waals surface area contributed by atoms with Gasteiger partial charge in [0.1, 0.15) is 0 Å². The van der Waals surface area contributed by atoms with Gasteiger partial charge in [-0.15, -0.1) is 0 Å². The van der Waals surface area contributed by atoms with Gasteiger partial charge in [0, 0.05) is 17.7 Å². The fraction of sp³-hybridized carbons (Fsp3) is 0.533. The standard InChI is InChI=1S/C15H23N3O3/c1-4-17(11-5-10-16(2)3)12-15(19)13-6-8-14(9-7-13)18(20)21/h6-9H,4-5,10-12H2,1-3H3. The normalized spacial score (nSPS) is 11.1. The molecule has 116 valence electrons. The van der Waals surface area contributed by atoms with E-state index in [-0.39, 0.29) is 11.5 Å². The van der Waals surface area contributed by atoms with Crippen LogP contribution < -0.4 is 0 Å². The molecular formula is C15H23N3O3. The van der Waals surface area contributed by atoms with Gasteiger partial charge < -0.3 is 4.90 Å². The van der Waals surface area contributed by atoms with E-state index >= 15 is 0 Å². The van der Waals surface area contributed by atoms with Crippen LogP contribution in [0.3, 0.4) is 0 Å². The van der Waals surface area contributed by atoms with E-state index in [0.29, 0.717) is 12.1 Å². The quantitative estimate of drug-likeness (QED) is 0.396. The molecule has 0 aromatic heterocycles. The summed E-state index contributed by atoms with van der Waals surface area (Å²) < 4.78 is 0. The molecule has 0 spiro atoms. The second-order valence-electron chi connectivity index (χ2n) is 5.25. The first kappa shape index (κ1) is 17.3. The van der Waals surface area contributed by atoms with Crippen molar-refractivity contribution in [3.63, 3.8) is 0 Å². The molecule has 21 heavy (non-hydrogen) atoms. The molecule has 6 nitrogen and oxygen atoms in total. The van der Waals surface area contributed by atoms with Crippen molar-refractivity contribution in [1.29, 1.82) is 0 Å². The van der Waals surface area contributed by atoms with Crippen LogP contribution in [0.1, 0.15) is 23.7 Å². The van der Waals surface area contributed by atoms with E-state index in [1.165, 1.54) is 24.3 Å². The first-order chi connectivity index (χ1) is 9.93. The number of rotatable bonds is 9. The maximum atomic E-state index is 12.2. The number of hydrogen-bond acceptors (Lipinski definition) is 5. The summed E-state index contributed by atoms with van der Waals surface area (Å²) in [4.78, 5) is 26.5. The number of nitro benzene ring substituents is 1. The van der Waals surface area contributed by atoms with E-state index < -0.39 is 4.92 Å². The largest absolute Gasteiger partial charge is 0.309 e. The number of carbonyl (C=O) groups excluding carboxylic acids is 1. The van der Waals surface area contributed by atoms with Crippen LogP contribution in [-0.2, 0) is 0 Å². The van der Waals surface area contributed by atoms with Gasteiger partial charge >= 0.3 is 0 Å². The summed E-state index contributed by atoms with van der Waals surface area (Å²) in [5, 5.41) is 10.6. The lowest BCUT2D eigenvalue weighted by Gasteiger charge is -2.20. The second-order valence-corrected chi connectivity index (χ2v) is 5.25. The molecule has 0 saturated heterocycles. The Balaban J connectivity index is 2.55. The third kappa shape index (κ3) is 6.01. The summed E-state index contributed by atoms with van der Waals surface area (Å²) in [6.45, 7) is 5.04. The first-order valence-corrected chi connectivity index (χ1v) is 7.08. The molecule has 0 aliphatic heterocycles. The van der Waals surface area contributed by atoms with E-state index in [0.717, 1.165) is 26.1 Å². The Hall–Kier alpha value is -1.79. The van der Waals surface area contributed by atoms with Gasteiger partial charge in [0.05, 0.1) is 11.5 Å². The molecule has 0 radical (unpaired) electrons. The maximum absolute atomic E-state index is 12.2. The summed E-state index contributed by atoms with van der Waals surface area (Å²) in [7, 11) is 4.05. The Labute approximate surface area is 125 Å². The highest BCUT2D eigenvalue weighted by atomic mass is 16.6. The van der Waals surface area contributed by atoms with Crippen LogP contribution in [0.4, 0.5) is 5.69 Å². The number of likely N-dealkylation sites (N-methyl/N-ethyl adjacent to an activating group) is 1. The molecular weight excluding hydrogens is 270 g/mol. The van der Waals surface area contributed by atoms with E-state index in [4.69, 9.17) is 0 Å². The number of nitro groups is 1. The van der Waals surface area contributed by atoms with E-state index in [2.05, 4.69) is 9.80 Å². The third-order valence-electron chi connectivity index (χ3n) is 3.29. The van der Waals surface area contributed by atoms with Crippen molar-refractivity contribution in [2.45, 2.75) is 13.3 Å². The summed E-state index contributed by atoms with van der Waals surface area (Å²) >= 11 is 0. The highest BCUT2D eigenvalue weighted by Crippen LogP contribution is 2.12. The number of nitrogens with zero attached hydrogens (tertiary/aromatic N) is 3. The number of non-ortho nitro benzene ring substituents is 1. The molecule has 0 aliphatic carbocycles. The lowest BCUT2D eigenvalue weighted by molar-refractivity contribution is -0.384. The van der Waals surface area contributed by atoms with E-state index in [1.54, 1.807) is 0 Å². The average Bonchev–Trinajstić information content (AvgIpc) is 2.45. The van der Waals surface area contributed by atoms with Gasteiger partial charge in [-0.05, 0) is 52.3 Å². The molecule has 1 aromatic rings. The highest BCUT2D eigenvalue weighted by Gasteiger charge is 2.13. The monoisotopic (exact) mass is 293 g/mol. The molecule has 6 heteroatoms. The molecule has 0 bridgehead atoms. The molecule has 0 saturated carbocycles. The highest BCUT2D eigenvalue weighted by molar-refractivity contribution is 5.97. The molecule has 1 aromatic carbocycles. The van der Waals surface area contributed by atoms with Gasteiger partial charge in [-0.1, -0.05) is 6.92 Å². The van der Waals surface area contributed by atoms with Crippen LogP contribution >= 0.6 is 0 Å². The first-order valence-electron chi connectivity index (χ1n) is 7.08. The molecule has 0 unspecified atom stereocenters. The zero-order chi connectivity index (χ0) is 15.8. The summed E-state index contributed by atoms with van der Waals surface area (Å²) in [5.41, 5.74) is 0.525. The number of carbonyl (C=O) groups is 1. The molecule has 0 aliphatic rings. The Morgan fingerprint density at radius 3 is 2.29 bits per heavy atom. The van der Waals surface area contributed by atoms with Crippen molar-refractivity contribution >= 4 is 11.5 Å². The SMILES string of the molecule is CCN(CCCN(C)C)CC(=O)c1ccc([N+](=O)[O-])cc1. The zero-order valence-corrected chi connectivity index (χ0v) is 12.9. The molecule has 0 atom stereocenters. The van der Waals surface area contributed by atoms with Crippen LogP contribution in [0.15, 0.2) is 24.3 Å². The van der Waals surface area contributed by atoms with Crippen molar-refractivity contribution in [3.8, 4) is 0 Å². The van der Waals surface area contributed by atoms with Gasteiger partial charge in [-0.25, -0.2) is 0 Å². The van der Waals surface area contributed by atoms with Crippen LogP contribution in [0.25, 0.3) is 0 Å². The lowest BCUT2D eigenvalue weighted by Crippen LogP contribution is -2.32. The smallest absolute Gasteiger partial charge is 0.269 e. The number of ketones is 1. The molecule has 0 N–H and O–H groups in total. The van der Waals surface area contributed by atoms with Crippen LogP contribution in [0.5, 0.6) is 0 Å². The van der Waals surface area contributed by atoms with Gasteiger partial charge in [0.2, 0.25) is 0 Å². The van der Waals surface area contributed by atoms with Crippen molar-refractivity contribution < 1.29 is 9.72 Å². The zero-order valence-electron chi connectivity index (χ0n) is 12.9. The van der Waals surface area contributed by atoms with Gasteiger partial charge in [0.25, 0.3) is 5.69 Å². The summed E-state index contributed by atoms with van der Waals surface area (Å²) in [5.74, 6) is -0.00315. The maximum Gasteiger partial charge on any atom is 0.269 e. The number of Topliss-reactive ketones (excluding diaryl/α,β-unsaturated/α-hetero) is 1. The number of benzene rings is 1. The minimum atomic E-state index is -0.464. The minimum absolute atomic E-state index is 0.00315. The number of hydrogen-bond donors (Lipinski definition) is 0. The van der Waals surface area contributed by atoms with Crippen molar-refractivity contribution in [1.82, 2.24) is 9.80 Å². The molecule has 0 heterocycles. The molecule has 1 rings (SSSR count). The van der Waals surface area contributed by atoms with Crippen LogP contribution in [0, 0.1) is 10.1 Å². The fourth-order valence-corrected chi connectivity index (χ4v) is 2.02. The van der Waals surface area contributed by atoms with Crippen molar-refractivity contribution in [2.24, 2.45) is 0 Å². The van der Waals surface area contributed by atoms with Crippen molar-refractivity contribution in [2.75, 3.05) is 40.3 Å². The van der Waals surface area contributed by atoms with E-state index in [9.17, 15) is 14.9 Å². The summed E-state index contributed by atoms with van der Waals surface area (Å²) in [6, 6.07) is 5.79. The van der Waals surface area contributed by atoms with Crippen molar-refractivity contribution in [3.05, 3.63) is 39.9 Å². The fourth-order valence-electron chi connectivity index (χ4n) is 2.02. The van der Waals surface area contributed by atoms with Gasteiger partial charge in [0.15, 0.2) is 5.78 Å². The Morgan fingerprint density at radius 2 is 1.81 bits per heavy atom. The Kier molecular flexibility index (Phi) is 6.98. The van der Waals surface area contributed by atoms with E-state index in [1.807, 2.05) is 21.0 Å². The van der Waals surface area contributed by atoms with Crippen LogP contribution in [-0.4, -0.2) is 60.8 Å². The molecule has 0 fully saturated rings. The predicted molar refractivity (Wildman–Crippen MR) is 82.7 cm³/mol. The minimum Gasteiger partial charge on any atom is -0.309 e. The third-order valence-corrected chi connectivity index (χ3v) is 3.29. The molecule has 0 amide bonds. The Bertz CT molecular complexity index is 472. The second kappa shape index (κ2) is 8.49. The van der Waals surface area contributed by atoms with Gasteiger partial charge in [-0.2, -0.15) is 0 Å². The topological polar surface area (TPSA) is 66.7 Å². The Morgan fingerprint density at radius 1 is 1.19 bits per heavy atom. The van der Waals surface area contributed by atoms with Crippen LogP contribution in [0.2, 0.25) is 0 Å².